The molecule has 1 heterocycles. The zero-order valence-corrected chi connectivity index (χ0v) is 27.2. The second kappa shape index (κ2) is 20.1. The minimum atomic E-state index is -2.10. The van der Waals surface area contributed by atoms with Crippen LogP contribution in [0.1, 0.15) is 52.0 Å². The van der Waals surface area contributed by atoms with Crippen LogP contribution in [-0.2, 0) is 49.3 Å². The van der Waals surface area contributed by atoms with E-state index in [1.54, 1.807) is 0 Å². The lowest BCUT2D eigenvalue weighted by molar-refractivity contribution is -0.239. The maximum absolute atomic E-state index is 15.4. The molecular weight excluding hydrogens is 636 g/mol. The fourth-order valence-electron chi connectivity index (χ4n) is 4.71. The fraction of sp³-hybridized carbons (Fsp3) is 0.633. The first-order chi connectivity index (χ1) is 21.4. The Hall–Kier alpha value is -3.16. The van der Waals surface area contributed by atoms with Crippen LogP contribution in [0.5, 0.6) is 0 Å². The van der Waals surface area contributed by atoms with E-state index in [0.29, 0.717) is 37.7 Å². The van der Waals surface area contributed by atoms with E-state index in [0.717, 1.165) is 38.4 Å². The number of hydrogen-bond donors (Lipinski definition) is 2. The van der Waals surface area contributed by atoms with Crippen LogP contribution in [0, 0.1) is 0 Å². The van der Waals surface area contributed by atoms with Crippen LogP contribution >= 0.6 is 23.2 Å². The smallest absolute Gasteiger partial charge is 0.303 e. The Balaban J connectivity index is 1.80. The van der Waals surface area contributed by atoms with Crippen molar-refractivity contribution >= 4 is 58.6 Å². The first-order valence-corrected chi connectivity index (χ1v) is 15.8. The molecule has 0 spiro atoms. The summed E-state index contributed by atoms with van der Waals surface area (Å²) in [5, 5.41) is 5.16. The molecular formula is C30H42Cl2FN3O9. The molecule has 1 aromatic rings. The Morgan fingerprint density at radius 1 is 0.867 bits per heavy atom. The lowest BCUT2D eigenvalue weighted by Gasteiger charge is -2.42. The topological polar surface area (TPSA) is 150 Å². The van der Waals surface area contributed by atoms with Crippen molar-refractivity contribution in [1.29, 1.82) is 0 Å². The average molecular weight is 679 g/mol. The van der Waals surface area contributed by atoms with E-state index in [-0.39, 0.29) is 25.3 Å². The number of nitrogens with zero attached hydrogens (tertiary/aromatic N) is 1. The second-order valence-electron chi connectivity index (χ2n) is 10.4. The molecule has 1 saturated heterocycles. The van der Waals surface area contributed by atoms with Gasteiger partial charge in [0.25, 0.3) is 0 Å². The third-order valence-corrected chi connectivity index (χ3v) is 7.09. The number of nitrogens with one attached hydrogen (secondary N) is 2. The summed E-state index contributed by atoms with van der Waals surface area (Å²) in [5.41, 5.74) is 2.14. The molecule has 1 aromatic carbocycles. The van der Waals surface area contributed by atoms with Gasteiger partial charge in [0.05, 0.1) is 0 Å². The quantitative estimate of drug-likeness (QED) is 0.103. The number of halogens is 3. The van der Waals surface area contributed by atoms with Gasteiger partial charge < -0.3 is 34.5 Å². The number of hydrogen-bond acceptors (Lipinski definition) is 10. The van der Waals surface area contributed by atoms with Crippen LogP contribution in [0.25, 0.3) is 0 Å². The van der Waals surface area contributed by atoms with E-state index in [9.17, 15) is 24.0 Å². The summed E-state index contributed by atoms with van der Waals surface area (Å²) in [6, 6.07) is 8.06. The van der Waals surface area contributed by atoms with Crippen LogP contribution in [0.3, 0.4) is 0 Å². The molecule has 5 atom stereocenters. The highest BCUT2D eigenvalue weighted by Gasteiger charge is 2.51. The summed E-state index contributed by atoms with van der Waals surface area (Å²) in [4.78, 5) is 61.6. The van der Waals surface area contributed by atoms with Crippen molar-refractivity contribution in [3.63, 3.8) is 0 Å². The molecule has 2 rings (SSSR count). The predicted octanol–water partition coefficient (Wildman–Crippen LogP) is 2.80. The first-order valence-electron chi connectivity index (χ1n) is 14.7. The Morgan fingerprint density at radius 2 is 1.47 bits per heavy atom. The van der Waals surface area contributed by atoms with Crippen molar-refractivity contribution in [1.82, 2.24) is 10.6 Å². The maximum Gasteiger partial charge on any atom is 0.303 e. The minimum Gasteiger partial charge on any atom is -0.463 e. The number of carbonyl (C=O) groups is 5. The van der Waals surface area contributed by atoms with Gasteiger partial charge in [0, 0.05) is 70.7 Å². The zero-order valence-electron chi connectivity index (χ0n) is 25.7. The summed E-state index contributed by atoms with van der Waals surface area (Å²) in [6.45, 7) is 4.46. The van der Waals surface area contributed by atoms with Crippen LogP contribution in [0.2, 0.25) is 0 Å². The number of alkyl halides is 3. The number of amides is 2. The molecule has 2 amide bonds. The van der Waals surface area contributed by atoms with Crippen LogP contribution < -0.4 is 15.5 Å². The van der Waals surface area contributed by atoms with E-state index < -0.39 is 61.1 Å². The van der Waals surface area contributed by atoms with Gasteiger partial charge in [-0.15, -0.1) is 23.2 Å². The Kier molecular flexibility index (Phi) is 17.0. The summed E-state index contributed by atoms with van der Waals surface area (Å²) in [6.07, 6.45) is -6.07. The normalized spacial score (nSPS) is 20.9. The Labute approximate surface area is 272 Å². The van der Waals surface area contributed by atoms with Crippen molar-refractivity contribution in [2.45, 2.75) is 83.6 Å². The van der Waals surface area contributed by atoms with Crippen LogP contribution in [0.15, 0.2) is 24.3 Å². The molecule has 0 saturated carbocycles. The SMILES string of the molecule is CC(=O)OC[C@H]1O[C@@H](NC(=O)CCCNC(=O)CCCc2ccc(N(CCCl)CCCl)cc2)[C@@H](F)[C@@H](OC(C)=O)[C@@H]1OC(C)=O. The van der Waals surface area contributed by atoms with Gasteiger partial charge in [-0.25, -0.2) is 4.39 Å². The van der Waals surface area contributed by atoms with E-state index in [2.05, 4.69) is 15.5 Å². The summed E-state index contributed by atoms with van der Waals surface area (Å²) >= 11 is 11.8. The largest absolute Gasteiger partial charge is 0.463 e. The van der Waals surface area contributed by atoms with Gasteiger partial charge in [0.1, 0.15) is 12.7 Å². The van der Waals surface area contributed by atoms with Gasteiger partial charge in [-0.1, -0.05) is 12.1 Å². The van der Waals surface area contributed by atoms with Gasteiger partial charge in [-0.2, -0.15) is 0 Å². The highest BCUT2D eigenvalue weighted by Crippen LogP contribution is 2.28. The molecule has 0 aliphatic carbocycles. The van der Waals surface area contributed by atoms with E-state index in [1.165, 1.54) is 0 Å². The monoisotopic (exact) mass is 677 g/mol. The Bertz CT molecular complexity index is 1120. The molecule has 1 fully saturated rings. The maximum atomic E-state index is 15.4. The number of benzene rings is 1. The molecule has 0 unspecified atom stereocenters. The van der Waals surface area contributed by atoms with Gasteiger partial charge in [0.15, 0.2) is 24.6 Å². The fourth-order valence-corrected chi connectivity index (χ4v) is 5.12. The van der Waals surface area contributed by atoms with Crippen LogP contribution in [-0.4, -0.2) is 98.4 Å². The predicted molar refractivity (Wildman–Crippen MR) is 165 cm³/mol. The average Bonchev–Trinajstić information content (AvgIpc) is 2.97. The van der Waals surface area contributed by atoms with Gasteiger partial charge in [0.2, 0.25) is 11.8 Å². The summed E-state index contributed by atoms with van der Waals surface area (Å²) < 4.78 is 36.1. The molecule has 2 N–H and O–H groups in total. The lowest BCUT2D eigenvalue weighted by Crippen LogP contribution is -2.63. The molecule has 0 bridgehead atoms. The number of rotatable bonds is 18. The third kappa shape index (κ3) is 13.8. The van der Waals surface area contributed by atoms with Crippen LogP contribution in [0.4, 0.5) is 10.1 Å². The highest BCUT2D eigenvalue weighted by atomic mass is 35.5. The lowest BCUT2D eigenvalue weighted by atomic mass is 9.98. The minimum absolute atomic E-state index is 0.0656. The van der Waals surface area contributed by atoms with Gasteiger partial charge in [-0.05, 0) is 37.0 Å². The third-order valence-electron chi connectivity index (χ3n) is 6.76. The Morgan fingerprint density at radius 3 is 2.04 bits per heavy atom. The van der Waals surface area contributed by atoms with Crippen molar-refractivity contribution < 1.29 is 47.3 Å². The highest BCUT2D eigenvalue weighted by molar-refractivity contribution is 6.18. The second-order valence-corrected chi connectivity index (χ2v) is 11.2. The molecule has 1 aliphatic heterocycles. The van der Waals surface area contributed by atoms with Crippen molar-refractivity contribution in [3.8, 4) is 0 Å². The van der Waals surface area contributed by atoms with E-state index in [4.69, 9.17) is 42.1 Å². The van der Waals surface area contributed by atoms with Gasteiger partial charge in [-0.3, -0.25) is 24.0 Å². The summed E-state index contributed by atoms with van der Waals surface area (Å²) in [7, 11) is 0. The van der Waals surface area contributed by atoms with E-state index in [1.807, 2.05) is 24.3 Å². The molecule has 1 aliphatic rings. The molecule has 15 heteroatoms. The molecule has 252 valence electrons. The van der Waals surface area contributed by atoms with E-state index >= 15 is 4.39 Å². The standard InChI is InChI=1S/C30H42Cl2FN3O9/c1-19(37)42-18-24-28(43-20(2)38)29(44-21(3)39)27(33)30(45-24)35-26(41)8-5-15-34-25(40)7-4-6-22-9-11-23(12-10-22)36(16-13-31)17-14-32/h9-12,24,27-30H,4-8,13-18H2,1-3H3,(H,34,40)(H,35,41)/t24-,27+,28-,29-,30-/m1/s1. The van der Waals surface area contributed by atoms with Crippen molar-refractivity contribution in [2.75, 3.05) is 42.9 Å². The number of esters is 3. The molecule has 0 aromatic heterocycles. The first kappa shape index (κ1) is 38.0. The molecule has 45 heavy (non-hydrogen) atoms. The number of aryl methyl sites for hydroxylation is 1. The number of anilines is 1. The summed E-state index contributed by atoms with van der Waals surface area (Å²) in [5.74, 6) is -2.06. The number of carbonyl (C=O) groups excluding carboxylic acids is 5. The van der Waals surface area contributed by atoms with Crippen molar-refractivity contribution in [3.05, 3.63) is 29.8 Å². The zero-order chi connectivity index (χ0) is 33.4. The number of ether oxygens (including phenoxy) is 4. The molecule has 12 nitrogen and oxygen atoms in total. The molecule has 0 radical (unpaired) electrons. The van der Waals surface area contributed by atoms with Gasteiger partial charge >= 0.3 is 17.9 Å². The van der Waals surface area contributed by atoms with Crippen molar-refractivity contribution in [2.24, 2.45) is 0 Å².